The molecule has 3 aromatic heterocycles. The first-order chi connectivity index (χ1) is 10.3. The quantitative estimate of drug-likeness (QED) is 0.719. The summed E-state index contributed by atoms with van der Waals surface area (Å²) in [6, 6.07) is 1.89. The van der Waals surface area contributed by atoms with E-state index in [0.29, 0.717) is 6.54 Å². The van der Waals surface area contributed by atoms with Crippen molar-refractivity contribution in [2.75, 3.05) is 0 Å². The van der Waals surface area contributed by atoms with Crippen LogP contribution in [0.15, 0.2) is 37.2 Å². The molecule has 0 aromatic carbocycles. The van der Waals surface area contributed by atoms with Crippen molar-refractivity contribution in [1.29, 1.82) is 0 Å². The molecule has 0 aliphatic rings. The summed E-state index contributed by atoms with van der Waals surface area (Å²) in [4.78, 5) is 17.6. The van der Waals surface area contributed by atoms with Crippen LogP contribution < -0.4 is 0 Å². The highest BCUT2D eigenvalue weighted by molar-refractivity contribution is 5.49. The van der Waals surface area contributed by atoms with E-state index in [-0.39, 0.29) is 0 Å². The van der Waals surface area contributed by atoms with Gasteiger partial charge in [-0.3, -0.25) is 0 Å². The minimum Gasteiger partial charge on any atom is -0.337 e. The standard InChI is InChI=1S/C15H18N6/c1-3-14-16-6-5-13(19-14)15-17-7-8-21(15)10-12-9-20(4-2)11-18-12/h5-9,11H,3-4,10H2,1-2H3. The molecule has 0 bridgehead atoms. The summed E-state index contributed by atoms with van der Waals surface area (Å²) < 4.78 is 4.12. The molecule has 3 rings (SSSR count). The van der Waals surface area contributed by atoms with E-state index >= 15 is 0 Å². The second kappa shape index (κ2) is 5.87. The molecular weight excluding hydrogens is 264 g/mol. The topological polar surface area (TPSA) is 61.4 Å². The summed E-state index contributed by atoms with van der Waals surface area (Å²) in [7, 11) is 0. The van der Waals surface area contributed by atoms with Crippen molar-refractivity contribution < 1.29 is 0 Å². The Kier molecular flexibility index (Phi) is 3.77. The van der Waals surface area contributed by atoms with Crippen LogP contribution in [0.4, 0.5) is 0 Å². The predicted molar refractivity (Wildman–Crippen MR) is 79.6 cm³/mol. The van der Waals surface area contributed by atoms with Crippen LogP contribution >= 0.6 is 0 Å². The Hall–Kier alpha value is -2.50. The van der Waals surface area contributed by atoms with E-state index in [9.17, 15) is 0 Å². The van der Waals surface area contributed by atoms with Crippen LogP contribution in [0.5, 0.6) is 0 Å². The van der Waals surface area contributed by atoms with E-state index in [0.717, 1.165) is 36.0 Å². The Labute approximate surface area is 123 Å². The fourth-order valence-electron chi connectivity index (χ4n) is 2.20. The van der Waals surface area contributed by atoms with E-state index < -0.39 is 0 Å². The molecule has 0 saturated carbocycles. The number of hydrogen-bond acceptors (Lipinski definition) is 4. The molecule has 108 valence electrons. The maximum Gasteiger partial charge on any atom is 0.159 e. The number of imidazole rings is 2. The van der Waals surface area contributed by atoms with Gasteiger partial charge in [0, 0.05) is 37.8 Å². The molecule has 0 aliphatic heterocycles. The van der Waals surface area contributed by atoms with Crippen LogP contribution in [0.1, 0.15) is 25.4 Å². The van der Waals surface area contributed by atoms with E-state index in [4.69, 9.17) is 0 Å². The molecule has 0 saturated heterocycles. The molecule has 21 heavy (non-hydrogen) atoms. The first-order valence-corrected chi connectivity index (χ1v) is 7.14. The van der Waals surface area contributed by atoms with Crippen molar-refractivity contribution in [1.82, 2.24) is 29.1 Å². The summed E-state index contributed by atoms with van der Waals surface area (Å²) in [5.74, 6) is 1.68. The molecule has 6 heteroatoms. The second-order valence-corrected chi connectivity index (χ2v) is 4.79. The Morgan fingerprint density at radius 3 is 2.76 bits per heavy atom. The molecule has 3 heterocycles. The maximum absolute atomic E-state index is 4.54. The zero-order valence-corrected chi connectivity index (χ0v) is 12.3. The SMILES string of the molecule is CCc1nccc(-c2nccn2Cc2cn(CC)cn2)n1. The van der Waals surface area contributed by atoms with Gasteiger partial charge in [-0.15, -0.1) is 0 Å². The van der Waals surface area contributed by atoms with Gasteiger partial charge >= 0.3 is 0 Å². The Balaban J connectivity index is 1.89. The van der Waals surface area contributed by atoms with Gasteiger partial charge in [0.2, 0.25) is 0 Å². The average Bonchev–Trinajstić information content (AvgIpc) is 3.17. The normalized spacial score (nSPS) is 11.0. The van der Waals surface area contributed by atoms with E-state index in [1.54, 1.807) is 12.4 Å². The highest BCUT2D eigenvalue weighted by atomic mass is 15.1. The first kappa shape index (κ1) is 13.5. The van der Waals surface area contributed by atoms with Crippen LogP contribution in [0.25, 0.3) is 11.5 Å². The first-order valence-electron chi connectivity index (χ1n) is 7.14. The zero-order chi connectivity index (χ0) is 14.7. The van der Waals surface area contributed by atoms with Crippen molar-refractivity contribution in [2.24, 2.45) is 0 Å². The summed E-state index contributed by atoms with van der Waals surface area (Å²) in [6.45, 7) is 5.76. The molecule has 0 spiro atoms. The van der Waals surface area contributed by atoms with Gasteiger partial charge in [-0.2, -0.15) is 0 Å². The van der Waals surface area contributed by atoms with Crippen LogP contribution in [-0.4, -0.2) is 29.1 Å². The van der Waals surface area contributed by atoms with Crippen molar-refractivity contribution in [2.45, 2.75) is 33.4 Å². The largest absolute Gasteiger partial charge is 0.337 e. The molecule has 0 fully saturated rings. The fraction of sp³-hybridized carbons (Fsp3) is 0.333. The zero-order valence-electron chi connectivity index (χ0n) is 12.3. The van der Waals surface area contributed by atoms with Gasteiger partial charge in [0.25, 0.3) is 0 Å². The number of nitrogens with zero attached hydrogens (tertiary/aromatic N) is 6. The van der Waals surface area contributed by atoms with E-state index in [1.165, 1.54) is 0 Å². The molecule has 0 N–H and O–H groups in total. The van der Waals surface area contributed by atoms with Crippen LogP contribution in [0.2, 0.25) is 0 Å². The molecule has 0 aliphatic carbocycles. The van der Waals surface area contributed by atoms with Crippen LogP contribution in [0.3, 0.4) is 0 Å². The smallest absolute Gasteiger partial charge is 0.159 e. The Bertz CT molecular complexity index is 727. The number of aromatic nitrogens is 6. The third-order valence-electron chi connectivity index (χ3n) is 3.35. The summed E-state index contributed by atoms with van der Waals surface area (Å²) >= 11 is 0. The molecule has 0 atom stereocenters. The third-order valence-corrected chi connectivity index (χ3v) is 3.35. The monoisotopic (exact) mass is 282 g/mol. The van der Waals surface area contributed by atoms with Gasteiger partial charge in [0.15, 0.2) is 5.82 Å². The molecule has 0 radical (unpaired) electrons. The van der Waals surface area contributed by atoms with Gasteiger partial charge in [0.05, 0.1) is 18.6 Å². The third kappa shape index (κ3) is 2.84. The van der Waals surface area contributed by atoms with E-state index in [2.05, 4.69) is 42.2 Å². The molecule has 3 aromatic rings. The van der Waals surface area contributed by atoms with Crippen molar-refractivity contribution in [3.63, 3.8) is 0 Å². The molecule has 0 amide bonds. The van der Waals surface area contributed by atoms with Gasteiger partial charge in [-0.1, -0.05) is 6.92 Å². The number of rotatable bonds is 5. The minimum absolute atomic E-state index is 0.688. The minimum atomic E-state index is 0.688. The summed E-state index contributed by atoms with van der Waals surface area (Å²) in [6.07, 6.45) is 10.3. The van der Waals surface area contributed by atoms with Gasteiger partial charge in [-0.05, 0) is 13.0 Å². The summed E-state index contributed by atoms with van der Waals surface area (Å²) in [5.41, 5.74) is 1.86. The van der Waals surface area contributed by atoms with Crippen molar-refractivity contribution in [3.05, 3.63) is 48.7 Å². The average molecular weight is 282 g/mol. The van der Waals surface area contributed by atoms with Crippen molar-refractivity contribution in [3.8, 4) is 11.5 Å². The van der Waals surface area contributed by atoms with Gasteiger partial charge < -0.3 is 9.13 Å². The lowest BCUT2D eigenvalue weighted by molar-refractivity contribution is 0.753. The summed E-state index contributed by atoms with van der Waals surface area (Å²) in [5, 5.41) is 0. The lowest BCUT2D eigenvalue weighted by atomic mass is 10.3. The van der Waals surface area contributed by atoms with Crippen LogP contribution in [-0.2, 0) is 19.5 Å². The van der Waals surface area contributed by atoms with Gasteiger partial charge in [0.1, 0.15) is 11.5 Å². The van der Waals surface area contributed by atoms with Gasteiger partial charge in [-0.25, -0.2) is 19.9 Å². The van der Waals surface area contributed by atoms with Crippen molar-refractivity contribution >= 4 is 0 Å². The molecular formula is C15H18N6. The maximum atomic E-state index is 4.54. The molecule has 0 unspecified atom stereocenters. The lowest BCUT2D eigenvalue weighted by Crippen LogP contribution is -2.04. The Morgan fingerprint density at radius 2 is 2.00 bits per heavy atom. The fourth-order valence-corrected chi connectivity index (χ4v) is 2.20. The highest BCUT2D eigenvalue weighted by Crippen LogP contribution is 2.16. The van der Waals surface area contributed by atoms with Crippen LogP contribution in [0, 0.1) is 0 Å². The Morgan fingerprint density at radius 1 is 1.10 bits per heavy atom. The lowest BCUT2D eigenvalue weighted by Gasteiger charge is -2.06. The van der Waals surface area contributed by atoms with E-state index in [1.807, 2.05) is 25.5 Å². The number of hydrogen-bond donors (Lipinski definition) is 0. The highest BCUT2D eigenvalue weighted by Gasteiger charge is 2.10. The predicted octanol–water partition coefficient (Wildman–Crippen LogP) is 2.17. The second-order valence-electron chi connectivity index (χ2n) is 4.79. The number of aryl methyl sites for hydroxylation is 2. The molecule has 6 nitrogen and oxygen atoms in total.